The van der Waals surface area contributed by atoms with Gasteiger partial charge in [0.25, 0.3) is 21.8 Å². The van der Waals surface area contributed by atoms with Gasteiger partial charge in [0, 0.05) is 5.56 Å². The smallest absolute Gasteiger partial charge is 0.278 e. The number of ether oxygens (including phenoxy) is 2. The fourth-order valence-electron chi connectivity index (χ4n) is 4.57. The van der Waals surface area contributed by atoms with Crippen molar-refractivity contribution in [3.63, 3.8) is 0 Å². The number of hydrogen-bond acceptors (Lipinski definition) is 9. The molecule has 1 amide bonds. The predicted molar refractivity (Wildman–Crippen MR) is 143 cm³/mol. The minimum atomic E-state index is -4.01. The van der Waals surface area contributed by atoms with E-state index in [4.69, 9.17) is 9.47 Å². The molecule has 2 aromatic carbocycles. The Balaban J connectivity index is 1.41. The van der Waals surface area contributed by atoms with Gasteiger partial charge in [-0.2, -0.15) is 4.98 Å². The number of nitrogens with one attached hydrogen (secondary N) is 1. The molecule has 1 N–H and O–H groups in total. The molecule has 5 rings (SSSR count). The number of carbonyl (C=O) groups is 1. The van der Waals surface area contributed by atoms with Gasteiger partial charge in [-0.05, 0) is 69.3 Å². The molecular formula is C26H28N6O5S. The highest BCUT2D eigenvalue weighted by Crippen LogP contribution is 2.34. The van der Waals surface area contributed by atoms with E-state index in [2.05, 4.69) is 24.6 Å². The van der Waals surface area contributed by atoms with E-state index in [1.165, 1.54) is 32.7 Å². The number of rotatable bonds is 8. The van der Waals surface area contributed by atoms with Crippen molar-refractivity contribution in [2.24, 2.45) is 4.99 Å². The first kappa shape index (κ1) is 25.6. The highest BCUT2D eigenvalue weighted by Gasteiger charge is 2.35. The Morgan fingerprint density at radius 1 is 1.03 bits per heavy atom. The van der Waals surface area contributed by atoms with Crippen LogP contribution in [0.4, 0.5) is 17.2 Å². The first-order valence-electron chi connectivity index (χ1n) is 12.1. The van der Waals surface area contributed by atoms with Crippen LogP contribution in [-0.4, -0.2) is 68.9 Å². The van der Waals surface area contributed by atoms with Crippen molar-refractivity contribution in [2.75, 3.05) is 43.6 Å². The summed E-state index contributed by atoms with van der Waals surface area (Å²) < 4.78 is 38.7. The second kappa shape index (κ2) is 10.4. The molecule has 38 heavy (non-hydrogen) atoms. The third-order valence-corrected chi connectivity index (χ3v) is 7.83. The number of sulfonamides is 1. The summed E-state index contributed by atoms with van der Waals surface area (Å²) in [5, 5.41) is 0. The molecule has 0 radical (unpaired) electrons. The van der Waals surface area contributed by atoms with Gasteiger partial charge in [0.15, 0.2) is 5.82 Å². The van der Waals surface area contributed by atoms with Crippen molar-refractivity contribution >= 4 is 38.8 Å². The van der Waals surface area contributed by atoms with Gasteiger partial charge in [0.2, 0.25) is 5.75 Å². The summed E-state index contributed by atoms with van der Waals surface area (Å²) in [5.41, 5.74) is 3.44. The second-order valence-electron chi connectivity index (χ2n) is 9.04. The van der Waals surface area contributed by atoms with E-state index in [1.807, 2.05) is 25.1 Å². The fourth-order valence-corrected chi connectivity index (χ4v) is 5.59. The molecule has 0 aliphatic carbocycles. The van der Waals surface area contributed by atoms with Crippen molar-refractivity contribution in [1.82, 2.24) is 14.9 Å². The molecule has 0 atom stereocenters. The quantitative estimate of drug-likeness (QED) is 0.465. The molecular weight excluding hydrogens is 508 g/mol. The number of nitrogens with zero attached hydrogens (tertiary/aromatic N) is 5. The van der Waals surface area contributed by atoms with Crippen LogP contribution in [0.15, 0.2) is 58.7 Å². The Bertz CT molecular complexity index is 1500. The number of hydrogen-bond donors (Lipinski definition) is 1. The average molecular weight is 537 g/mol. The molecule has 0 bridgehead atoms. The Morgan fingerprint density at radius 2 is 1.76 bits per heavy atom. The molecule has 2 aliphatic heterocycles. The summed E-state index contributed by atoms with van der Waals surface area (Å²) in [6.07, 6.45) is 3.43. The van der Waals surface area contributed by atoms with Gasteiger partial charge >= 0.3 is 0 Å². The zero-order valence-electron chi connectivity index (χ0n) is 21.3. The van der Waals surface area contributed by atoms with E-state index < -0.39 is 10.0 Å². The van der Waals surface area contributed by atoms with Crippen LogP contribution < -0.4 is 19.1 Å². The van der Waals surface area contributed by atoms with Crippen molar-refractivity contribution in [1.29, 1.82) is 0 Å². The third-order valence-electron chi connectivity index (χ3n) is 6.47. The molecule has 1 saturated heterocycles. The number of amides is 1. The number of aryl methyl sites for hydroxylation is 1. The van der Waals surface area contributed by atoms with Crippen LogP contribution >= 0.6 is 0 Å². The van der Waals surface area contributed by atoms with E-state index in [9.17, 15) is 13.2 Å². The fraction of sp³-hybridized carbons (Fsp3) is 0.308. The molecule has 1 fully saturated rings. The van der Waals surface area contributed by atoms with Crippen LogP contribution in [-0.2, 0) is 14.8 Å². The van der Waals surface area contributed by atoms with E-state index >= 15 is 0 Å². The van der Waals surface area contributed by atoms with Gasteiger partial charge in [-0.15, -0.1) is 0 Å². The lowest BCUT2D eigenvalue weighted by Crippen LogP contribution is -2.39. The zero-order chi connectivity index (χ0) is 26.9. The van der Waals surface area contributed by atoms with Gasteiger partial charge in [-0.1, -0.05) is 11.6 Å². The first-order chi connectivity index (χ1) is 18.3. The number of fused-ring (bicyclic) bond motifs is 1. The van der Waals surface area contributed by atoms with E-state index in [-0.39, 0.29) is 28.3 Å². The highest BCUT2D eigenvalue weighted by atomic mass is 32.2. The number of anilines is 2. The summed E-state index contributed by atoms with van der Waals surface area (Å²) in [6.45, 7) is 4.43. The first-order valence-corrected chi connectivity index (χ1v) is 13.6. The maximum atomic E-state index is 13.4. The van der Waals surface area contributed by atoms with Crippen molar-refractivity contribution in [3.05, 3.63) is 59.9 Å². The third kappa shape index (κ3) is 4.92. The van der Waals surface area contributed by atoms with E-state index in [0.29, 0.717) is 18.1 Å². The Hall–Kier alpha value is -4.03. The SMILES string of the molecule is COc1ncnc(NS(=O)(=O)c2ccc(N=C3C(=O)N(CN4CCCC4)c4ccc(C)cc43)cc2)c1OC. The number of carbonyl (C=O) groups excluding carboxylic acids is 1. The van der Waals surface area contributed by atoms with Crippen molar-refractivity contribution in [3.8, 4) is 11.6 Å². The van der Waals surface area contributed by atoms with Crippen LogP contribution in [0.25, 0.3) is 0 Å². The molecule has 1 aromatic heterocycles. The summed E-state index contributed by atoms with van der Waals surface area (Å²) in [7, 11) is -1.25. The average Bonchev–Trinajstić information content (AvgIpc) is 3.51. The maximum Gasteiger partial charge on any atom is 0.278 e. The second-order valence-corrected chi connectivity index (χ2v) is 10.7. The highest BCUT2D eigenvalue weighted by molar-refractivity contribution is 7.92. The largest absolute Gasteiger partial charge is 0.489 e. The van der Waals surface area contributed by atoms with E-state index in [1.54, 1.807) is 17.0 Å². The summed E-state index contributed by atoms with van der Waals surface area (Å²) in [5.74, 6) is -0.0540. The Labute approximate surface area is 221 Å². The Kier molecular flexibility index (Phi) is 7.00. The molecule has 0 unspecified atom stereocenters. The predicted octanol–water partition coefficient (Wildman–Crippen LogP) is 3.12. The molecule has 11 nitrogen and oxygen atoms in total. The normalized spacial score (nSPS) is 16.7. The zero-order valence-corrected chi connectivity index (χ0v) is 22.2. The van der Waals surface area contributed by atoms with Gasteiger partial charge in [-0.3, -0.25) is 19.3 Å². The van der Waals surface area contributed by atoms with Crippen molar-refractivity contribution in [2.45, 2.75) is 24.7 Å². The molecule has 3 aromatic rings. The molecule has 198 valence electrons. The van der Waals surface area contributed by atoms with Gasteiger partial charge < -0.3 is 9.47 Å². The van der Waals surface area contributed by atoms with Crippen LogP contribution in [0, 0.1) is 6.92 Å². The Morgan fingerprint density at radius 3 is 2.45 bits per heavy atom. The van der Waals surface area contributed by atoms with Crippen LogP contribution in [0.5, 0.6) is 11.6 Å². The standard InChI is InChI=1S/C26H28N6O5S/c1-17-6-11-21-20(14-17)22(26(33)32(21)16-31-12-4-5-13-31)29-18-7-9-19(10-8-18)38(34,35)30-24-23(36-2)25(37-3)28-15-27-24/h6-11,14-15H,4-5,12-13,16H2,1-3H3,(H,27,28,30). The lowest BCUT2D eigenvalue weighted by atomic mass is 10.1. The summed E-state index contributed by atoms with van der Waals surface area (Å²) in [4.78, 5) is 30.0. The number of likely N-dealkylation sites (tertiary alicyclic amines) is 1. The van der Waals surface area contributed by atoms with Crippen LogP contribution in [0.2, 0.25) is 0 Å². The lowest BCUT2D eigenvalue weighted by Gasteiger charge is -2.23. The monoisotopic (exact) mass is 536 g/mol. The van der Waals surface area contributed by atoms with Crippen LogP contribution in [0.1, 0.15) is 24.0 Å². The lowest BCUT2D eigenvalue weighted by molar-refractivity contribution is -0.112. The molecule has 0 spiro atoms. The summed E-state index contributed by atoms with van der Waals surface area (Å²) >= 11 is 0. The maximum absolute atomic E-state index is 13.4. The van der Waals surface area contributed by atoms with Gasteiger partial charge in [0.05, 0.1) is 37.2 Å². The summed E-state index contributed by atoms with van der Waals surface area (Å²) in [6, 6.07) is 11.9. The molecule has 2 aliphatic rings. The number of aliphatic imine (C=N–C) groups is 1. The van der Waals surface area contributed by atoms with Crippen LogP contribution in [0.3, 0.4) is 0 Å². The molecule has 3 heterocycles. The van der Waals surface area contributed by atoms with E-state index in [0.717, 1.165) is 42.7 Å². The topological polar surface area (TPSA) is 126 Å². The number of aromatic nitrogens is 2. The van der Waals surface area contributed by atoms with Crippen molar-refractivity contribution < 1.29 is 22.7 Å². The number of benzene rings is 2. The minimum absolute atomic E-state index is 0.00858. The van der Waals surface area contributed by atoms with Gasteiger partial charge in [0.1, 0.15) is 12.0 Å². The molecule has 0 saturated carbocycles. The number of methoxy groups -OCH3 is 2. The minimum Gasteiger partial charge on any atom is -0.489 e. The molecule has 12 heteroatoms. The van der Waals surface area contributed by atoms with Gasteiger partial charge in [-0.25, -0.2) is 18.4 Å².